The van der Waals surface area contributed by atoms with E-state index in [1.165, 1.54) is 6.07 Å². The van der Waals surface area contributed by atoms with Crippen LogP contribution < -0.4 is 5.56 Å². The molecule has 3 aromatic rings. The highest BCUT2D eigenvalue weighted by Gasteiger charge is 2.09. The van der Waals surface area contributed by atoms with Gasteiger partial charge in [-0.1, -0.05) is 6.07 Å². The van der Waals surface area contributed by atoms with Crippen molar-refractivity contribution < 1.29 is 4.74 Å². The number of methoxy groups -OCH3 is 1. The summed E-state index contributed by atoms with van der Waals surface area (Å²) in [6, 6.07) is 7.34. The maximum absolute atomic E-state index is 11.5. The van der Waals surface area contributed by atoms with Crippen molar-refractivity contribution in [3.63, 3.8) is 0 Å². The monoisotopic (exact) mass is 261 g/mol. The number of ether oxygens (including phenoxy) is 1. The van der Waals surface area contributed by atoms with Crippen LogP contribution in [0, 0.1) is 0 Å². The first-order valence-electron chi connectivity index (χ1n) is 5.43. The summed E-state index contributed by atoms with van der Waals surface area (Å²) in [6.07, 6.45) is 0. The van der Waals surface area contributed by atoms with Crippen LogP contribution in [0.25, 0.3) is 16.2 Å². The van der Waals surface area contributed by atoms with Gasteiger partial charge in [0.25, 0.3) is 5.56 Å². The highest BCUT2D eigenvalue weighted by Crippen LogP contribution is 2.23. The molecule has 0 unspecified atom stereocenters. The van der Waals surface area contributed by atoms with E-state index < -0.39 is 0 Å². The summed E-state index contributed by atoms with van der Waals surface area (Å²) in [5.74, 6) is 0. The van der Waals surface area contributed by atoms with E-state index in [1.54, 1.807) is 23.0 Å². The summed E-state index contributed by atoms with van der Waals surface area (Å²) < 4.78 is 6.79. The molecule has 0 saturated carbocycles. The number of hydrogen-bond acceptors (Lipinski definition) is 4. The topological polar surface area (TPSA) is 59.4 Å². The average molecular weight is 261 g/mol. The molecular formula is C12H11N3O2S. The van der Waals surface area contributed by atoms with Gasteiger partial charge in [-0.2, -0.15) is 5.10 Å². The van der Waals surface area contributed by atoms with Crippen LogP contribution in [0.5, 0.6) is 0 Å². The number of fused-ring (bicyclic) bond motifs is 1. The quantitative estimate of drug-likeness (QED) is 0.783. The van der Waals surface area contributed by atoms with E-state index in [9.17, 15) is 4.79 Å². The molecule has 0 bridgehead atoms. The van der Waals surface area contributed by atoms with Crippen LogP contribution in [0.1, 0.15) is 5.69 Å². The normalized spacial score (nSPS) is 11.2. The second-order valence-electron chi connectivity index (χ2n) is 3.86. The van der Waals surface area contributed by atoms with Gasteiger partial charge in [0.15, 0.2) is 0 Å². The van der Waals surface area contributed by atoms with Gasteiger partial charge in [0.05, 0.1) is 17.2 Å². The van der Waals surface area contributed by atoms with Crippen LogP contribution in [0.3, 0.4) is 0 Å². The molecule has 0 aromatic carbocycles. The molecule has 6 heteroatoms. The van der Waals surface area contributed by atoms with E-state index in [0.717, 1.165) is 16.3 Å². The maximum Gasteiger partial charge on any atom is 0.251 e. The molecule has 0 aliphatic carbocycles. The number of aromatic nitrogens is 3. The van der Waals surface area contributed by atoms with Crippen LogP contribution in [0.4, 0.5) is 0 Å². The molecule has 3 heterocycles. The van der Waals surface area contributed by atoms with Gasteiger partial charge in [0.2, 0.25) is 0 Å². The van der Waals surface area contributed by atoms with Gasteiger partial charge in [-0.3, -0.25) is 4.79 Å². The first-order valence-corrected chi connectivity index (χ1v) is 6.30. The Balaban J connectivity index is 2.22. The fourth-order valence-corrected chi connectivity index (χ4v) is 2.54. The summed E-state index contributed by atoms with van der Waals surface area (Å²) in [5.41, 5.74) is 2.12. The molecule has 18 heavy (non-hydrogen) atoms. The molecule has 0 amide bonds. The van der Waals surface area contributed by atoms with Crippen LogP contribution in [-0.4, -0.2) is 21.7 Å². The fraction of sp³-hybridized carbons (Fsp3) is 0.167. The second kappa shape index (κ2) is 4.40. The van der Waals surface area contributed by atoms with Crippen molar-refractivity contribution in [2.45, 2.75) is 6.61 Å². The summed E-state index contributed by atoms with van der Waals surface area (Å²) in [4.78, 5) is 15.4. The van der Waals surface area contributed by atoms with Crippen molar-refractivity contribution >= 4 is 17.0 Å². The number of nitrogens with zero attached hydrogens (tertiary/aromatic N) is 2. The predicted molar refractivity (Wildman–Crippen MR) is 69.8 cm³/mol. The largest absolute Gasteiger partial charge is 0.378 e. The van der Waals surface area contributed by atoms with Crippen LogP contribution >= 0.6 is 11.3 Å². The van der Waals surface area contributed by atoms with Gasteiger partial charge in [-0.05, 0) is 11.4 Å². The Bertz CT molecular complexity index is 727. The van der Waals surface area contributed by atoms with Gasteiger partial charge in [-0.25, -0.2) is 4.52 Å². The van der Waals surface area contributed by atoms with Crippen molar-refractivity contribution in [3.05, 3.63) is 45.7 Å². The highest BCUT2D eigenvalue weighted by molar-refractivity contribution is 7.13. The van der Waals surface area contributed by atoms with Crippen LogP contribution in [-0.2, 0) is 11.3 Å². The number of thiophene rings is 1. The Morgan fingerprint density at radius 2 is 2.39 bits per heavy atom. The molecule has 0 fully saturated rings. The minimum absolute atomic E-state index is 0.146. The molecule has 0 aliphatic heterocycles. The van der Waals surface area contributed by atoms with Gasteiger partial charge >= 0.3 is 0 Å². The first kappa shape index (κ1) is 11.2. The third-order valence-electron chi connectivity index (χ3n) is 2.60. The summed E-state index contributed by atoms with van der Waals surface area (Å²) in [5, 5.41) is 6.49. The van der Waals surface area contributed by atoms with Crippen molar-refractivity contribution in [1.82, 2.24) is 14.6 Å². The lowest BCUT2D eigenvalue weighted by atomic mass is 10.3. The molecule has 5 nitrogen and oxygen atoms in total. The first-order chi connectivity index (χ1) is 8.78. The van der Waals surface area contributed by atoms with Crippen molar-refractivity contribution in [3.8, 4) is 10.6 Å². The number of nitrogens with one attached hydrogen (secondary N) is 1. The Morgan fingerprint density at radius 1 is 1.50 bits per heavy atom. The zero-order valence-electron chi connectivity index (χ0n) is 9.71. The molecule has 3 aromatic heterocycles. The zero-order chi connectivity index (χ0) is 12.5. The smallest absolute Gasteiger partial charge is 0.251 e. The van der Waals surface area contributed by atoms with Crippen molar-refractivity contribution in [2.75, 3.05) is 7.11 Å². The number of rotatable bonds is 3. The van der Waals surface area contributed by atoms with Gasteiger partial charge < -0.3 is 9.72 Å². The van der Waals surface area contributed by atoms with Crippen molar-refractivity contribution in [2.24, 2.45) is 0 Å². The highest BCUT2D eigenvalue weighted by atomic mass is 32.1. The SMILES string of the molecule is COCc1cc(=O)[nH]c2cc(-c3cccs3)nn12. The van der Waals surface area contributed by atoms with E-state index in [0.29, 0.717) is 12.3 Å². The Kier molecular flexibility index (Phi) is 2.73. The van der Waals surface area contributed by atoms with E-state index in [-0.39, 0.29) is 5.56 Å². The Labute approximate surface area is 107 Å². The lowest BCUT2D eigenvalue weighted by molar-refractivity contribution is 0.179. The average Bonchev–Trinajstić information content (AvgIpc) is 2.96. The van der Waals surface area contributed by atoms with E-state index in [4.69, 9.17) is 4.74 Å². The third-order valence-corrected chi connectivity index (χ3v) is 3.49. The molecule has 0 aliphatic rings. The van der Waals surface area contributed by atoms with Gasteiger partial charge in [-0.15, -0.1) is 11.3 Å². The Hall–Kier alpha value is -1.92. The third kappa shape index (κ3) is 1.85. The fourth-order valence-electron chi connectivity index (χ4n) is 1.86. The zero-order valence-corrected chi connectivity index (χ0v) is 10.5. The molecule has 0 radical (unpaired) electrons. The molecule has 0 saturated heterocycles. The number of hydrogen-bond donors (Lipinski definition) is 1. The minimum atomic E-state index is -0.146. The Morgan fingerprint density at radius 3 is 3.11 bits per heavy atom. The van der Waals surface area contributed by atoms with Crippen LogP contribution in [0.15, 0.2) is 34.4 Å². The van der Waals surface area contributed by atoms with Gasteiger partial charge in [0.1, 0.15) is 11.3 Å². The summed E-state index contributed by atoms with van der Waals surface area (Å²) in [6.45, 7) is 0.353. The molecule has 3 rings (SSSR count). The molecule has 0 atom stereocenters. The summed E-state index contributed by atoms with van der Waals surface area (Å²) >= 11 is 1.62. The second-order valence-corrected chi connectivity index (χ2v) is 4.81. The van der Waals surface area contributed by atoms with E-state index in [2.05, 4.69) is 10.1 Å². The van der Waals surface area contributed by atoms with E-state index >= 15 is 0 Å². The molecular weight excluding hydrogens is 250 g/mol. The lowest BCUT2D eigenvalue weighted by Crippen LogP contribution is -2.12. The van der Waals surface area contributed by atoms with Crippen molar-refractivity contribution in [1.29, 1.82) is 0 Å². The summed E-state index contributed by atoms with van der Waals surface area (Å²) in [7, 11) is 1.59. The van der Waals surface area contributed by atoms with Gasteiger partial charge in [0, 0.05) is 19.2 Å². The lowest BCUT2D eigenvalue weighted by Gasteiger charge is -2.01. The molecule has 1 N–H and O–H groups in total. The number of aromatic amines is 1. The predicted octanol–water partition coefficient (Wildman–Crippen LogP) is 1.90. The minimum Gasteiger partial charge on any atom is -0.378 e. The van der Waals surface area contributed by atoms with Crippen LogP contribution in [0.2, 0.25) is 0 Å². The standard InChI is InChI=1S/C12H11N3O2S/c1-17-7-8-5-12(16)13-11-6-9(14-15(8)11)10-3-2-4-18-10/h2-6H,7H2,1H3,(H,13,16). The maximum atomic E-state index is 11.5. The molecule has 92 valence electrons. The number of H-pyrrole nitrogens is 1. The van der Waals surface area contributed by atoms with E-state index in [1.807, 2.05) is 23.6 Å². The molecule has 0 spiro atoms.